The second-order valence-electron chi connectivity index (χ2n) is 4.61. The standard InChI is InChI=1S/C12H17N3/c1-9-3-2-4-12(14-9)15-8-10-5-6-13-7-11(10)15/h2-4,10-11,13H,5-8H2,1H3/t10-,11-/m0/s1. The molecule has 80 valence electrons. The minimum atomic E-state index is 0.688. The summed E-state index contributed by atoms with van der Waals surface area (Å²) >= 11 is 0. The van der Waals surface area contributed by atoms with Crippen LogP contribution in [0.15, 0.2) is 18.2 Å². The van der Waals surface area contributed by atoms with E-state index >= 15 is 0 Å². The average molecular weight is 203 g/mol. The molecule has 0 spiro atoms. The van der Waals surface area contributed by atoms with Gasteiger partial charge in [-0.25, -0.2) is 4.98 Å². The number of pyridine rings is 1. The van der Waals surface area contributed by atoms with Gasteiger partial charge < -0.3 is 10.2 Å². The van der Waals surface area contributed by atoms with Gasteiger partial charge in [-0.15, -0.1) is 0 Å². The first kappa shape index (κ1) is 9.16. The molecule has 3 nitrogen and oxygen atoms in total. The molecule has 3 rings (SSSR count). The zero-order valence-corrected chi connectivity index (χ0v) is 9.11. The highest BCUT2D eigenvalue weighted by Gasteiger charge is 2.40. The molecule has 1 N–H and O–H groups in total. The van der Waals surface area contributed by atoms with Gasteiger partial charge in [0, 0.05) is 24.8 Å². The Balaban J connectivity index is 1.79. The quantitative estimate of drug-likeness (QED) is 0.743. The molecule has 0 bridgehead atoms. The van der Waals surface area contributed by atoms with E-state index in [1.807, 2.05) is 0 Å². The van der Waals surface area contributed by atoms with Gasteiger partial charge in [-0.3, -0.25) is 0 Å². The molecule has 0 aromatic carbocycles. The van der Waals surface area contributed by atoms with Crippen molar-refractivity contribution in [1.82, 2.24) is 10.3 Å². The Kier molecular flexibility index (Phi) is 2.13. The highest BCUT2D eigenvalue weighted by molar-refractivity contribution is 5.45. The zero-order chi connectivity index (χ0) is 10.3. The van der Waals surface area contributed by atoms with Crippen LogP contribution in [0.25, 0.3) is 0 Å². The molecular weight excluding hydrogens is 186 g/mol. The highest BCUT2D eigenvalue weighted by atomic mass is 15.3. The predicted molar refractivity (Wildman–Crippen MR) is 61.1 cm³/mol. The summed E-state index contributed by atoms with van der Waals surface area (Å²) in [6, 6.07) is 6.96. The monoisotopic (exact) mass is 203 g/mol. The summed E-state index contributed by atoms with van der Waals surface area (Å²) in [5, 5.41) is 3.46. The number of aromatic nitrogens is 1. The maximum absolute atomic E-state index is 4.58. The number of hydrogen-bond donors (Lipinski definition) is 1. The van der Waals surface area contributed by atoms with E-state index in [1.165, 1.54) is 19.5 Å². The van der Waals surface area contributed by atoms with E-state index in [4.69, 9.17) is 0 Å². The van der Waals surface area contributed by atoms with Crippen molar-refractivity contribution in [3.8, 4) is 0 Å². The fraction of sp³-hybridized carbons (Fsp3) is 0.583. The second kappa shape index (κ2) is 3.49. The molecule has 15 heavy (non-hydrogen) atoms. The van der Waals surface area contributed by atoms with Crippen molar-refractivity contribution in [2.24, 2.45) is 5.92 Å². The molecular formula is C12H17N3. The van der Waals surface area contributed by atoms with Crippen LogP contribution in [0, 0.1) is 12.8 Å². The van der Waals surface area contributed by atoms with Crippen molar-refractivity contribution in [2.75, 3.05) is 24.5 Å². The SMILES string of the molecule is Cc1cccc(N2C[C@@H]3CCNC[C@@H]32)n1. The van der Waals surface area contributed by atoms with Gasteiger partial charge in [0.25, 0.3) is 0 Å². The number of rotatable bonds is 1. The number of piperidine rings is 1. The van der Waals surface area contributed by atoms with E-state index in [2.05, 4.69) is 40.3 Å². The molecule has 2 atom stereocenters. The molecule has 0 unspecified atom stereocenters. The van der Waals surface area contributed by atoms with Gasteiger partial charge in [-0.05, 0) is 37.9 Å². The summed E-state index contributed by atoms with van der Waals surface area (Å²) in [4.78, 5) is 7.02. The Hall–Kier alpha value is -1.09. The zero-order valence-electron chi connectivity index (χ0n) is 9.11. The van der Waals surface area contributed by atoms with Gasteiger partial charge in [-0.1, -0.05) is 6.07 Å². The van der Waals surface area contributed by atoms with Crippen molar-refractivity contribution in [3.63, 3.8) is 0 Å². The number of nitrogens with one attached hydrogen (secondary N) is 1. The first-order valence-corrected chi connectivity index (χ1v) is 5.75. The largest absolute Gasteiger partial charge is 0.352 e. The van der Waals surface area contributed by atoms with Crippen LogP contribution in [-0.4, -0.2) is 30.7 Å². The Morgan fingerprint density at radius 3 is 3.20 bits per heavy atom. The first-order chi connectivity index (χ1) is 7.34. The lowest BCUT2D eigenvalue weighted by atomic mass is 9.83. The van der Waals surface area contributed by atoms with E-state index in [1.54, 1.807) is 0 Å². The first-order valence-electron chi connectivity index (χ1n) is 5.75. The van der Waals surface area contributed by atoms with Crippen molar-refractivity contribution in [3.05, 3.63) is 23.9 Å². The topological polar surface area (TPSA) is 28.2 Å². The fourth-order valence-corrected chi connectivity index (χ4v) is 2.68. The minimum absolute atomic E-state index is 0.688. The Bertz CT molecular complexity index is 364. The molecule has 1 aromatic rings. The van der Waals surface area contributed by atoms with Crippen molar-refractivity contribution in [2.45, 2.75) is 19.4 Å². The highest BCUT2D eigenvalue weighted by Crippen LogP contribution is 2.33. The lowest BCUT2D eigenvalue weighted by Gasteiger charge is -2.51. The summed E-state index contributed by atoms with van der Waals surface area (Å²) in [7, 11) is 0. The molecule has 2 fully saturated rings. The van der Waals surface area contributed by atoms with Crippen LogP contribution in [0.2, 0.25) is 0 Å². The Morgan fingerprint density at radius 1 is 1.47 bits per heavy atom. The number of fused-ring (bicyclic) bond motifs is 1. The molecule has 3 heteroatoms. The van der Waals surface area contributed by atoms with Gasteiger partial charge in [0.1, 0.15) is 5.82 Å². The van der Waals surface area contributed by atoms with E-state index < -0.39 is 0 Å². The summed E-state index contributed by atoms with van der Waals surface area (Å²) in [5.41, 5.74) is 1.11. The van der Waals surface area contributed by atoms with Gasteiger partial charge >= 0.3 is 0 Å². The van der Waals surface area contributed by atoms with E-state index in [9.17, 15) is 0 Å². The summed E-state index contributed by atoms with van der Waals surface area (Å²) in [6.45, 7) is 5.57. The molecule has 0 aliphatic carbocycles. The van der Waals surface area contributed by atoms with Crippen LogP contribution in [0.1, 0.15) is 12.1 Å². The van der Waals surface area contributed by atoms with Crippen molar-refractivity contribution >= 4 is 5.82 Å². The molecule has 3 heterocycles. The molecule has 2 aliphatic rings. The van der Waals surface area contributed by atoms with Crippen LogP contribution >= 0.6 is 0 Å². The van der Waals surface area contributed by atoms with E-state index in [-0.39, 0.29) is 0 Å². The molecule has 0 saturated carbocycles. The van der Waals surface area contributed by atoms with Gasteiger partial charge in [0.15, 0.2) is 0 Å². The van der Waals surface area contributed by atoms with E-state index in [0.29, 0.717) is 6.04 Å². The van der Waals surface area contributed by atoms with Crippen LogP contribution in [-0.2, 0) is 0 Å². The van der Waals surface area contributed by atoms with Gasteiger partial charge in [0.05, 0.1) is 0 Å². The lowest BCUT2D eigenvalue weighted by Crippen LogP contribution is -2.64. The maximum atomic E-state index is 4.58. The van der Waals surface area contributed by atoms with Crippen molar-refractivity contribution < 1.29 is 0 Å². The third-order valence-electron chi connectivity index (χ3n) is 3.59. The average Bonchev–Trinajstić information content (AvgIpc) is 2.20. The molecule has 2 aliphatic heterocycles. The summed E-state index contributed by atoms with van der Waals surface area (Å²) in [6.07, 6.45) is 1.33. The second-order valence-corrected chi connectivity index (χ2v) is 4.61. The number of aryl methyl sites for hydroxylation is 1. The Labute approximate surface area is 90.5 Å². The van der Waals surface area contributed by atoms with Crippen LogP contribution in [0.3, 0.4) is 0 Å². The summed E-state index contributed by atoms with van der Waals surface area (Å²) in [5.74, 6) is 2.05. The molecule has 0 amide bonds. The molecule has 0 radical (unpaired) electrons. The minimum Gasteiger partial charge on any atom is -0.352 e. The smallest absolute Gasteiger partial charge is 0.129 e. The third kappa shape index (κ3) is 1.51. The van der Waals surface area contributed by atoms with Gasteiger partial charge in [-0.2, -0.15) is 0 Å². The van der Waals surface area contributed by atoms with Crippen LogP contribution in [0.5, 0.6) is 0 Å². The van der Waals surface area contributed by atoms with E-state index in [0.717, 1.165) is 24.0 Å². The maximum Gasteiger partial charge on any atom is 0.129 e. The van der Waals surface area contributed by atoms with Crippen molar-refractivity contribution in [1.29, 1.82) is 0 Å². The molecule has 1 aromatic heterocycles. The molecule has 2 saturated heterocycles. The third-order valence-corrected chi connectivity index (χ3v) is 3.59. The number of hydrogen-bond acceptors (Lipinski definition) is 3. The van der Waals surface area contributed by atoms with Crippen LogP contribution < -0.4 is 10.2 Å². The normalized spacial score (nSPS) is 29.5. The van der Waals surface area contributed by atoms with Gasteiger partial charge in [0.2, 0.25) is 0 Å². The number of anilines is 1. The summed E-state index contributed by atoms with van der Waals surface area (Å²) < 4.78 is 0. The lowest BCUT2D eigenvalue weighted by molar-refractivity contribution is 0.227. The fourth-order valence-electron chi connectivity index (χ4n) is 2.68. The predicted octanol–water partition coefficient (Wildman–Crippen LogP) is 1.19. The van der Waals surface area contributed by atoms with Crippen LogP contribution in [0.4, 0.5) is 5.82 Å². The number of nitrogens with zero attached hydrogens (tertiary/aromatic N) is 2. The Morgan fingerprint density at radius 2 is 2.40 bits per heavy atom.